The van der Waals surface area contributed by atoms with E-state index in [4.69, 9.17) is 27.9 Å². The van der Waals surface area contributed by atoms with E-state index in [1.807, 2.05) is 12.1 Å². The number of hydrogen-bond acceptors (Lipinski definition) is 4. The molecule has 1 aliphatic heterocycles. The van der Waals surface area contributed by atoms with Gasteiger partial charge in [0.25, 0.3) is 5.91 Å². The minimum atomic E-state index is -3.12. The van der Waals surface area contributed by atoms with Crippen LogP contribution in [0, 0.1) is 0 Å². The van der Waals surface area contributed by atoms with Crippen molar-refractivity contribution in [3.63, 3.8) is 0 Å². The zero-order valence-electron chi connectivity index (χ0n) is 14.5. The van der Waals surface area contributed by atoms with Crippen LogP contribution in [0.15, 0.2) is 48.5 Å². The topological polar surface area (TPSA) is 63.7 Å². The van der Waals surface area contributed by atoms with Gasteiger partial charge in [-0.1, -0.05) is 35.3 Å². The maximum absolute atomic E-state index is 12.8. The molecule has 2 aromatic rings. The van der Waals surface area contributed by atoms with Gasteiger partial charge in [-0.05, 0) is 48.4 Å². The lowest BCUT2D eigenvalue weighted by Gasteiger charge is -2.28. The quantitative estimate of drug-likeness (QED) is 0.706. The number of benzene rings is 2. The van der Waals surface area contributed by atoms with Crippen LogP contribution in [0.25, 0.3) is 0 Å². The standard InChI is InChI=1S/C19H19Cl2NO4S/c20-15-3-1-14(2-4-15)11-22(17-9-10-27(24,25)13-17)19(23)12-26-18-7-5-16(21)6-8-18/h1-8,17H,9-13H2/t17-/m0/s1. The number of ether oxygens (including phenoxy) is 1. The average Bonchev–Trinajstić information content (AvgIpc) is 3.00. The molecule has 0 radical (unpaired) electrons. The second kappa shape index (κ2) is 8.50. The van der Waals surface area contributed by atoms with Crippen molar-refractivity contribution in [3.8, 4) is 5.75 Å². The van der Waals surface area contributed by atoms with E-state index in [9.17, 15) is 13.2 Å². The number of rotatable bonds is 6. The number of halogens is 2. The van der Waals surface area contributed by atoms with Gasteiger partial charge in [-0.3, -0.25) is 4.79 Å². The Labute approximate surface area is 168 Å². The fraction of sp³-hybridized carbons (Fsp3) is 0.316. The first kappa shape index (κ1) is 20.0. The van der Waals surface area contributed by atoms with E-state index in [1.54, 1.807) is 41.3 Å². The molecule has 2 aromatic carbocycles. The summed E-state index contributed by atoms with van der Waals surface area (Å²) in [6.07, 6.45) is 0.433. The highest BCUT2D eigenvalue weighted by atomic mass is 35.5. The first-order valence-corrected chi connectivity index (χ1v) is 11.0. The molecule has 0 spiro atoms. The van der Waals surface area contributed by atoms with Crippen molar-refractivity contribution >= 4 is 38.9 Å². The molecule has 8 heteroatoms. The molecule has 144 valence electrons. The molecule has 1 saturated heterocycles. The molecule has 0 aliphatic carbocycles. The van der Waals surface area contributed by atoms with Gasteiger partial charge in [0.1, 0.15) is 5.75 Å². The molecule has 1 heterocycles. The summed E-state index contributed by atoms with van der Waals surface area (Å²) in [5.41, 5.74) is 0.878. The molecule has 0 unspecified atom stereocenters. The Kier molecular flexibility index (Phi) is 6.29. The number of carbonyl (C=O) groups is 1. The third-order valence-electron chi connectivity index (χ3n) is 4.41. The maximum atomic E-state index is 12.8. The summed E-state index contributed by atoms with van der Waals surface area (Å²) in [6, 6.07) is 13.5. The fourth-order valence-electron chi connectivity index (χ4n) is 2.99. The van der Waals surface area contributed by atoms with Gasteiger partial charge in [-0.2, -0.15) is 0 Å². The van der Waals surface area contributed by atoms with Crippen molar-refractivity contribution in [1.82, 2.24) is 4.90 Å². The van der Waals surface area contributed by atoms with Crippen LogP contribution in [0.4, 0.5) is 0 Å². The number of amides is 1. The highest BCUT2D eigenvalue weighted by Crippen LogP contribution is 2.22. The van der Waals surface area contributed by atoms with Gasteiger partial charge in [-0.25, -0.2) is 8.42 Å². The zero-order valence-corrected chi connectivity index (χ0v) is 16.8. The second-order valence-electron chi connectivity index (χ2n) is 6.45. The first-order valence-electron chi connectivity index (χ1n) is 8.45. The van der Waals surface area contributed by atoms with Crippen molar-refractivity contribution < 1.29 is 17.9 Å². The van der Waals surface area contributed by atoms with E-state index >= 15 is 0 Å². The molecule has 0 bridgehead atoms. The largest absolute Gasteiger partial charge is 0.484 e. The fourth-order valence-corrected chi connectivity index (χ4v) is 4.97. The smallest absolute Gasteiger partial charge is 0.261 e. The van der Waals surface area contributed by atoms with Crippen LogP contribution >= 0.6 is 23.2 Å². The molecular formula is C19H19Cl2NO4S. The number of hydrogen-bond donors (Lipinski definition) is 0. The van der Waals surface area contributed by atoms with Gasteiger partial charge in [0.2, 0.25) is 0 Å². The van der Waals surface area contributed by atoms with E-state index in [2.05, 4.69) is 0 Å². The van der Waals surface area contributed by atoms with Crippen LogP contribution in [-0.2, 0) is 21.2 Å². The van der Waals surface area contributed by atoms with Gasteiger partial charge in [0.15, 0.2) is 16.4 Å². The average molecular weight is 428 g/mol. The zero-order chi connectivity index (χ0) is 19.4. The van der Waals surface area contributed by atoms with E-state index in [0.29, 0.717) is 28.8 Å². The highest BCUT2D eigenvalue weighted by molar-refractivity contribution is 7.91. The Hall–Kier alpha value is -1.76. The first-order chi connectivity index (χ1) is 12.8. The van der Waals surface area contributed by atoms with Crippen LogP contribution in [-0.4, -0.2) is 43.4 Å². The van der Waals surface area contributed by atoms with Crippen LogP contribution in [0.1, 0.15) is 12.0 Å². The summed E-state index contributed by atoms with van der Waals surface area (Å²) >= 11 is 11.8. The lowest BCUT2D eigenvalue weighted by molar-refractivity contribution is -0.136. The van der Waals surface area contributed by atoms with Crippen LogP contribution in [0.5, 0.6) is 5.75 Å². The Morgan fingerprint density at radius 2 is 1.63 bits per heavy atom. The Morgan fingerprint density at radius 3 is 2.19 bits per heavy atom. The van der Waals surface area contributed by atoms with Crippen molar-refractivity contribution in [1.29, 1.82) is 0 Å². The lowest BCUT2D eigenvalue weighted by Crippen LogP contribution is -2.43. The molecule has 1 atom stereocenters. The summed E-state index contributed by atoms with van der Waals surface area (Å²) in [5.74, 6) is 0.341. The van der Waals surface area contributed by atoms with Gasteiger partial charge in [0.05, 0.1) is 11.5 Å². The van der Waals surface area contributed by atoms with Gasteiger partial charge in [-0.15, -0.1) is 0 Å². The molecule has 1 fully saturated rings. The minimum Gasteiger partial charge on any atom is -0.484 e. The maximum Gasteiger partial charge on any atom is 0.261 e. The molecule has 1 amide bonds. The normalized spacial score (nSPS) is 18.2. The SMILES string of the molecule is O=C(COc1ccc(Cl)cc1)N(Cc1ccc(Cl)cc1)[C@H]1CCS(=O)(=O)C1. The number of carbonyl (C=O) groups excluding carboxylic acids is 1. The minimum absolute atomic E-state index is 0.0206. The lowest BCUT2D eigenvalue weighted by atomic mass is 10.1. The summed E-state index contributed by atoms with van der Waals surface area (Å²) in [4.78, 5) is 14.4. The molecular weight excluding hydrogens is 409 g/mol. The van der Waals surface area contributed by atoms with E-state index in [0.717, 1.165) is 5.56 Å². The van der Waals surface area contributed by atoms with Crippen molar-refractivity contribution in [2.24, 2.45) is 0 Å². The predicted octanol–water partition coefficient (Wildman–Crippen LogP) is 3.59. The third-order valence-corrected chi connectivity index (χ3v) is 6.67. The summed E-state index contributed by atoms with van der Waals surface area (Å²) in [5, 5.41) is 1.18. The second-order valence-corrected chi connectivity index (χ2v) is 9.55. The van der Waals surface area contributed by atoms with Crippen molar-refractivity contribution in [2.45, 2.75) is 19.0 Å². The predicted molar refractivity (Wildman–Crippen MR) is 106 cm³/mol. The molecule has 0 aromatic heterocycles. The van der Waals surface area contributed by atoms with Crippen LogP contribution < -0.4 is 4.74 Å². The van der Waals surface area contributed by atoms with Crippen LogP contribution in [0.2, 0.25) is 10.0 Å². The summed E-state index contributed by atoms with van der Waals surface area (Å²) in [6.45, 7) is 0.131. The van der Waals surface area contributed by atoms with Gasteiger partial charge < -0.3 is 9.64 Å². The summed E-state index contributed by atoms with van der Waals surface area (Å²) < 4.78 is 29.3. The van der Waals surface area contributed by atoms with Gasteiger partial charge >= 0.3 is 0 Å². The van der Waals surface area contributed by atoms with Crippen molar-refractivity contribution in [2.75, 3.05) is 18.1 Å². The number of nitrogens with zero attached hydrogens (tertiary/aromatic N) is 1. The molecule has 27 heavy (non-hydrogen) atoms. The van der Waals surface area contributed by atoms with E-state index < -0.39 is 9.84 Å². The van der Waals surface area contributed by atoms with E-state index in [-0.39, 0.29) is 30.1 Å². The molecule has 0 saturated carbocycles. The van der Waals surface area contributed by atoms with Crippen LogP contribution in [0.3, 0.4) is 0 Å². The Morgan fingerprint density at radius 1 is 1.04 bits per heavy atom. The molecule has 3 rings (SSSR count). The molecule has 1 aliphatic rings. The third kappa shape index (κ3) is 5.61. The van der Waals surface area contributed by atoms with Gasteiger partial charge in [0, 0.05) is 22.6 Å². The molecule has 5 nitrogen and oxygen atoms in total. The Bertz CT molecular complexity index is 898. The number of sulfone groups is 1. The highest BCUT2D eigenvalue weighted by Gasteiger charge is 2.34. The Balaban J connectivity index is 1.72. The monoisotopic (exact) mass is 427 g/mol. The van der Waals surface area contributed by atoms with E-state index in [1.165, 1.54) is 0 Å². The molecule has 0 N–H and O–H groups in total. The van der Waals surface area contributed by atoms with Crippen molar-refractivity contribution in [3.05, 3.63) is 64.1 Å². The summed E-state index contributed by atoms with van der Waals surface area (Å²) in [7, 11) is -3.12.